The first-order valence-corrected chi connectivity index (χ1v) is 7.95. The first kappa shape index (κ1) is 13.6. The van der Waals surface area contributed by atoms with Crippen molar-refractivity contribution in [2.24, 2.45) is 17.6 Å². The van der Waals surface area contributed by atoms with Crippen LogP contribution in [0.5, 0.6) is 0 Å². The van der Waals surface area contributed by atoms with Crippen LogP contribution in [0.25, 0.3) is 11.0 Å². The average molecular weight is 271 g/mol. The fourth-order valence-corrected chi connectivity index (χ4v) is 3.83. The Balaban J connectivity index is 1.76. The molecule has 20 heavy (non-hydrogen) atoms. The molecule has 1 aromatic carbocycles. The summed E-state index contributed by atoms with van der Waals surface area (Å²) in [5.74, 6) is 1.49. The summed E-state index contributed by atoms with van der Waals surface area (Å²) in [6.07, 6.45) is 8.60. The monoisotopic (exact) mass is 271 g/mol. The number of aromatic nitrogens is 2. The molecule has 1 aliphatic carbocycles. The summed E-state index contributed by atoms with van der Waals surface area (Å²) < 4.78 is 2.22. The molecule has 3 nitrogen and oxygen atoms in total. The molecule has 3 atom stereocenters. The van der Waals surface area contributed by atoms with E-state index in [0.29, 0.717) is 5.92 Å². The van der Waals surface area contributed by atoms with E-state index < -0.39 is 0 Å². The zero-order valence-corrected chi connectivity index (χ0v) is 12.3. The van der Waals surface area contributed by atoms with Crippen LogP contribution in [0.4, 0.5) is 0 Å². The van der Waals surface area contributed by atoms with Gasteiger partial charge in [0.05, 0.1) is 17.4 Å². The third-order valence-electron chi connectivity index (χ3n) is 4.98. The Hall–Kier alpha value is -1.35. The van der Waals surface area contributed by atoms with Crippen molar-refractivity contribution in [1.82, 2.24) is 9.55 Å². The number of nitrogens with zero attached hydrogens (tertiary/aromatic N) is 2. The van der Waals surface area contributed by atoms with Gasteiger partial charge in [-0.05, 0) is 30.4 Å². The maximum absolute atomic E-state index is 6.55. The highest BCUT2D eigenvalue weighted by atomic mass is 15.1. The normalized spacial score (nSPS) is 24.9. The molecule has 2 N–H and O–H groups in total. The number of hydrogen-bond donors (Lipinski definition) is 1. The lowest BCUT2D eigenvalue weighted by Crippen LogP contribution is -2.39. The predicted molar refractivity (Wildman–Crippen MR) is 83.4 cm³/mol. The summed E-state index contributed by atoms with van der Waals surface area (Å²) in [5, 5.41) is 0. The number of fused-ring (bicyclic) bond motifs is 1. The maximum atomic E-state index is 6.55. The molecular weight excluding hydrogens is 246 g/mol. The highest BCUT2D eigenvalue weighted by molar-refractivity contribution is 5.74. The molecule has 1 aromatic heterocycles. The molecule has 1 fully saturated rings. The van der Waals surface area contributed by atoms with Gasteiger partial charge in [0.15, 0.2) is 0 Å². The van der Waals surface area contributed by atoms with Crippen LogP contribution in [0.2, 0.25) is 0 Å². The molecule has 0 amide bonds. The Kier molecular flexibility index (Phi) is 4.06. The number of benzene rings is 1. The second kappa shape index (κ2) is 5.96. The van der Waals surface area contributed by atoms with Crippen molar-refractivity contribution in [2.45, 2.75) is 51.6 Å². The van der Waals surface area contributed by atoms with Gasteiger partial charge in [-0.2, -0.15) is 0 Å². The van der Waals surface area contributed by atoms with Gasteiger partial charge >= 0.3 is 0 Å². The van der Waals surface area contributed by atoms with Crippen LogP contribution < -0.4 is 5.73 Å². The zero-order valence-electron chi connectivity index (χ0n) is 12.3. The smallest absolute Gasteiger partial charge is 0.0958 e. The summed E-state index contributed by atoms with van der Waals surface area (Å²) in [6, 6.07) is 8.55. The molecule has 0 spiro atoms. The summed E-state index contributed by atoms with van der Waals surface area (Å²) in [5.41, 5.74) is 8.81. The van der Waals surface area contributed by atoms with Crippen molar-refractivity contribution in [3.63, 3.8) is 0 Å². The van der Waals surface area contributed by atoms with Gasteiger partial charge in [-0.1, -0.05) is 44.7 Å². The molecule has 1 saturated carbocycles. The van der Waals surface area contributed by atoms with Crippen LogP contribution in [0, 0.1) is 11.8 Å². The Morgan fingerprint density at radius 2 is 2.10 bits per heavy atom. The molecule has 3 rings (SSSR count). The average Bonchev–Trinajstić information content (AvgIpc) is 2.90. The zero-order chi connectivity index (χ0) is 13.9. The van der Waals surface area contributed by atoms with E-state index in [9.17, 15) is 0 Å². The van der Waals surface area contributed by atoms with Crippen LogP contribution in [0.15, 0.2) is 30.6 Å². The van der Waals surface area contributed by atoms with E-state index in [2.05, 4.69) is 34.7 Å². The van der Waals surface area contributed by atoms with Gasteiger partial charge in [-0.15, -0.1) is 0 Å². The van der Waals surface area contributed by atoms with E-state index in [4.69, 9.17) is 5.73 Å². The fraction of sp³-hybridized carbons (Fsp3) is 0.588. The SMILES string of the molecule is CCC1CCCCC1C(N)Cn1cnc2ccccc21. The molecule has 3 unspecified atom stereocenters. The molecule has 0 radical (unpaired) electrons. The van der Waals surface area contributed by atoms with Crippen molar-refractivity contribution in [3.8, 4) is 0 Å². The molecule has 0 aliphatic heterocycles. The fourth-order valence-electron chi connectivity index (χ4n) is 3.83. The minimum absolute atomic E-state index is 0.248. The lowest BCUT2D eigenvalue weighted by Gasteiger charge is -2.35. The van der Waals surface area contributed by atoms with E-state index in [-0.39, 0.29) is 6.04 Å². The second-order valence-electron chi connectivity index (χ2n) is 6.17. The van der Waals surface area contributed by atoms with Crippen molar-refractivity contribution >= 4 is 11.0 Å². The Bertz CT molecular complexity index is 560. The van der Waals surface area contributed by atoms with Crippen molar-refractivity contribution < 1.29 is 0 Å². The summed E-state index contributed by atoms with van der Waals surface area (Å²) >= 11 is 0. The van der Waals surface area contributed by atoms with Gasteiger partial charge in [0, 0.05) is 12.6 Å². The van der Waals surface area contributed by atoms with E-state index >= 15 is 0 Å². The van der Waals surface area contributed by atoms with E-state index in [1.165, 1.54) is 37.6 Å². The van der Waals surface area contributed by atoms with E-state index in [1.54, 1.807) is 0 Å². The van der Waals surface area contributed by atoms with Gasteiger partial charge in [-0.3, -0.25) is 0 Å². The largest absolute Gasteiger partial charge is 0.329 e. The molecule has 0 saturated heterocycles. The predicted octanol–water partition coefficient (Wildman–Crippen LogP) is 3.58. The Labute approximate surface area is 121 Å². The van der Waals surface area contributed by atoms with Crippen LogP contribution in [-0.2, 0) is 6.54 Å². The molecule has 1 aliphatic rings. The second-order valence-corrected chi connectivity index (χ2v) is 6.17. The number of imidazole rings is 1. The number of nitrogens with two attached hydrogens (primary N) is 1. The lowest BCUT2D eigenvalue weighted by molar-refractivity contribution is 0.186. The first-order chi connectivity index (χ1) is 9.79. The van der Waals surface area contributed by atoms with Gasteiger partial charge in [0.2, 0.25) is 0 Å². The molecule has 2 aromatic rings. The van der Waals surface area contributed by atoms with Gasteiger partial charge < -0.3 is 10.3 Å². The molecule has 3 heteroatoms. The maximum Gasteiger partial charge on any atom is 0.0958 e. The number of hydrogen-bond acceptors (Lipinski definition) is 2. The highest BCUT2D eigenvalue weighted by Crippen LogP contribution is 2.34. The van der Waals surface area contributed by atoms with Crippen LogP contribution in [-0.4, -0.2) is 15.6 Å². The van der Waals surface area contributed by atoms with Gasteiger partial charge in [0.1, 0.15) is 0 Å². The molecule has 108 valence electrons. The van der Waals surface area contributed by atoms with Gasteiger partial charge in [0.25, 0.3) is 0 Å². The topological polar surface area (TPSA) is 43.8 Å². The van der Waals surface area contributed by atoms with Crippen LogP contribution in [0.3, 0.4) is 0 Å². The third-order valence-corrected chi connectivity index (χ3v) is 4.98. The highest BCUT2D eigenvalue weighted by Gasteiger charge is 2.28. The van der Waals surface area contributed by atoms with Gasteiger partial charge in [-0.25, -0.2) is 4.98 Å². The Morgan fingerprint density at radius 1 is 1.30 bits per heavy atom. The summed E-state index contributed by atoms with van der Waals surface area (Å²) in [4.78, 5) is 4.46. The van der Waals surface area contributed by atoms with E-state index in [0.717, 1.165) is 18.0 Å². The lowest BCUT2D eigenvalue weighted by atomic mass is 9.74. The van der Waals surface area contributed by atoms with Crippen molar-refractivity contribution in [2.75, 3.05) is 0 Å². The van der Waals surface area contributed by atoms with Crippen molar-refractivity contribution in [3.05, 3.63) is 30.6 Å². The van der Waals surface area contributed by atoms with Crippen LogP contribution >= 0.6 is 0 Å². The first-order valence-electron chi connectivity index (χ1n) is 7.95. The van der Waals surface area contributed by atoms with E-state index in [1.807, 2.05) is 12.4 Å². The quantitative estimate of drug-likeness (QED) is 0.923. The van der Waals surface area contributed by atoms with Crippen molar-refractivity contribution in [1.29, 1.82) is 0 Å². The number of para-hydroxylation sites is 2. The molecule has 1 heterocycles. The molecule has 0 bridgehead atoms. The van der Waals surface area contributed by atoms with Crippen LogP contribution in [0.1, 0.15) is 39.0 Å². The standard InChI is InChI=1S/C17H25N3/c1-2-13-7-3-4-8-14(13)15(18)11-20-12-19-16-9-5-6-10-17(16)20/h5-6,9-10,12-15H,2-4,7-8,11,18H2,1H3. The minimum atomic E-state index is 0.248. The third kappa shape index (κ3) is 2.59. The number of rotatable bonds is 4. The summed E-state index contributed by atoms with van der Waals surface area (Å²) in [7, 11) is 0. The summed E-state index contributed by atoms with van der Waals surface area (Å²) in [6.45, 7) is 3.20. The minimum Gasteiger partial charge on any atom is -0.329 e. The Morgan fingerprint density at radius 3 is 2.95 bits per heavy atom. The molecular formula is C17H25N3.